The fourth-order valence-electron chi connectivity index (χ4n) is 5.59. The molecule has 1 saturated carbocycles. The molecule has 182 valence electrons. The predicted molar refractivity (Wildman–Crippen MR) is 157 cm³/mol. The molecule has 0 unspecified atom stereocenters. The zero-order valence-electron chi connectivity index (χ0n) is 20.5. The van der Waals surface area contributed by atoms with Gasteiger partial charge < -0.3 is 0 Å². The third-order valence-corrected chi connectivity index (χ3v) is 13.9. The van der Waals surface area contributed by atoms with Crippen molar-refractivity contribution in [1.29, 1.82) is 0 Å². The second-order valence-corrected chi connectivity index (χ2v) is 14.6. The maximum atomic E-state index is 6.58. The molecular weight excluding hydrogens is 515 g/mol. The van der Waals surface area contributed by atoms with Crippen molar-refractivity contribution in [2.75, 3.05) is 13.8 Å². The van der Waals surface area contributed by atoms with Gasteiger partial charge in [-0.25, -0.2) is 0 Å². The summed E-state index contributed by atoms with van der Waals surface area (Å²) >= 11 is 0. The first kappa shape index (κ1) is 25.5. The van der Waals surface area contributed by atoms with E-state index in [-0.39, 0.29) is 23.1 Å². The van der Waals surface area contributed by atoms with E-state index in [4.69, 9.17) is 9.47 Å². The molecule has 0 heterocycles. The zero-order valence-corrected chi connectivity index (χ0v) is 23.1. The van der Waals surface area contributed by atoms with E-state index in [1.165, 1.54) is 34.1 Å². The number of hydrogen-bond acceptors (Lipinski definition) is 2. The second-order valence-electron chi connectivity index (χ2n) is 9.43. The number of hydrogen-bond donors (Lipinski definition) is 0. The number of benzene rings is 4. The second kappa shape index (κ2) is 10.6. The van der Waals surface area contributed by atoms with E-state index in [1.54, 1.807) is 7.11 Å². The molecule has 4 aromatic carbocycles. The van der Waals surface area contributed by atoms with Crippen LogP contribution in [0.25, 0.3) is 0 Å². The van der Waals surface area contributed by atoms with E-state index in [2.05, 4.69) is 116 Å². The van der Waals surface area contributed by atoms with Gasteiger partial charge in [-0.3, -0.25) is 0 Å². The summed E-state index contributed by atoms with van der Waals surface area (Å²) in [5, 5.41) is 5.29. The van der Waals surface area contributed by atoms with Gasteiger partial charge in [0.1, 0.15) is 0 Å². The molecular formula is C31H34BrO2P. The van der Waals surface area contributed by atoms with Gasteiger partial charge in [0.15, 0.2) is 0 Å². The normalized spacial score (nSPS) is 15.0. The third kappa shape index (κ3) is 4.30. The van der Waals surface area contributed by atoms with Crippen molar-refractivity contribution < 1.29 is 9.47 Å². The molecule has 35 heavy (non-hydrogen) atoms. The molecule has 4 heteroatoms. The summed E-state index contributed by atoms with van der Waals surface area (Å²) in [7, 11) is 1.73. The summed E-state index contributed by atoms with van der Waals surface area (Å²) in [6.45, 7) is -0.605. The van der Waals surface area contributed by atoms with Gasteiger partial charge in [-0.2, -0.15) is 0 Å². The van der Waals surface area contributed by atoms with Gasteiger partial charge >= 0.3 is 204 Å². The molecule has 0 bridgehead atoms. The summed E-state index contributed by atoms with van der Waals surface area (Å²) < 4.78 is 12.3. The van der Waals surface area contributed by atoms with E-state index in [1.807, 2.05) is 0 Å². The van der Waals surface area contributed by atoms with Crippen molar-refractivity contribution in [3.63, 3.8) is 0 Å². The summed E-state index contributed by atoms with van der Waals surface area (Å²) in [6.07, 6.45) is 4.95. The summed E-state index contributed by atoms with van der Waals surface area (Å²) in [5.41, 5.74) is 0. The average molecular weight is 549 g/mol. The van der Waals surface area contributed by atoms with Gasteiger partial charge in [-0.15, -0.1) is 17.0 Å². The molecule has 0 spiro atoms. The van der Waals surface area contributed by atoms with Crippen molar-refractivity contribution in [1.82, 2.24) is 0 Å². The van der Waals surface area contributed by atoms with Crippen molar-refractivity contribution in [3.05, 3.63) is 109 Å². The topological polar surface area (TPSA) is 18.5 Å². The van der Waals surface area contributed by atoms with E-state index < -0.39 is 6.60 Å². The van der Waals surface area contributed by atoms with E-state index in [0.717, 1.165) is 24.3 Å². The van der Waals surface area contributed by atoms with Crippen LogP contribution in [0.15, 0.2) is 109 Å². The summed E-state index contributed by atoms with van der Waals surface area (Å²) in [4.78, 5) is 0. The Morgan fingerprint density at radius 1 is 0.600 bits per heavy atom. The Balaban J connectivity index is 0.00000289. The molecule has 2 nitrogen and oxygen atoms in total. The van der Waals surface area contributed by atoms with Crippen molar-refractivity contribution >= 4 is 44.8 Å². The van der Waals surface area contributed by atoms with E-state index in [9.17, 15) is 0 Å². The predicted octanol–water partition coefficient (Wildman–Crippen LogP) is 6.38. The minimum atomic E-state index is -3.08. The molecule has 0 aromatic heterocycles. The van der Waals surface area contributed by atoms with Crippen LogP contribution in [0.5, 0.6) is 11.5 Å². The molecule has 0 amide bonds. The standard InChI is InChI=1S/C31H33O2P.BrH/c1-32-30-23-22-29(24-31(30)33-25-14-12-13-15-25)34(2,26-16-6-3-7-17-26,27-18-8-4-9-19-27)28-20-10-5-11-21-28;/h3-11,16-25H,12-15H2,1-2H3;1H. The maximum absolute atomic E-state index is 6.58. The third-order valence-electron chi connectivity index (χ3n) is 7.59. The first-order valence-electron chi connectivity index (χ1n) is 12.2. The Labute approximate surface area is 220 Å². The van der Waals surface area contributed by atoms with Crippen LogP contribution in [0.2, 0.25) is 0 Å². The quantitative estimate of drug-likeness (QED) is 0.249. The molecule has 0 N–H and O–H groups in total. The summed E-state index contributed by atoms with van der Waals surface area (Å²) in [5.74, 6) is 1.65. The number of ether oxygens (including phenoxy) is 2. The average Bonchev–Trinajstić information content (AvgIpc) is 3.43. The molecule has 1 fully saturated rings. The Morgan fingerprint density at radius 2 is 1.06 bits per heavy atom. The van der Waals surface area contributed by atoms with E-state index >= 15 is 0 Å². The van der Waals surface area contributed by atoms with Crippen LogP contribution in [0, 0.1) is 0 Å². The van der Waals surface area contributed by atoms with Gasteiger partial charge in [0.25, 0.3) is 0 Å². The van der Waals surface area contributed by atoms with Gasteiger partial charge in [0.05, 0.1) is 0 Å². The minimum absolute atomic E-state index is 0. The fourth-order valence-corrected chi connectivity index (χ4v) is 11.0. The Morgan fingerprint density at radius 3 is 1.49 bits per heavy atom. The number of rotatable bonds is 7. The Kier molecular flexibility index (Phi) is 7.69. The van der Waals surface area contributed by atoms with Gasteiger partial charge in [-0.05, 0) is 0 Å². The van der Waals surface area contributed by atoms with Crippen LogP contribution in [-0.2, 0) is 0 Å². The fraction of sp³-hybridized carbons (Fsp3) is 0.226. The Bertz CT molecular complexity index is 1140. The first-order valence-corrected chi connectivity index (χ1v) is 14.9. The van der Waals surface area contributed by atoms with Crippen LogP contribution >= 0.6 is 23.6 Å². The molecule has 0 aliphatic heterocycles. The van der Waals surface area contributed by atoms with Crippen LogP contribution in [0.4, 0.5) is 0 Å². The molecule has 1 aliphatic rings. The summed E-state index contributed by atoms with van der Waals surface area (Å²) in [6, 6.07) is 39.6. The molecule has 4 aromatic rings. The molecule has 0 radical (unpaired) electrons. The van der Waals surface area contributed by atoms with Crippen LogP contribution in [0.1, 0.15) is 25.7 Å². The first-order chi connectivity index (χ1) is 16.6. The monoisotopic (exact) mass is 548 g/mol. The van der Waals surface area contributed by atoms with Gasteiger partial charge in [-0.1, -0.05) is 0 Å². The van der Waals surface area contributed by atoms with Crippen LogP contribution in [-0.4, -0.2) is 19.9 Å². The number of halogens is 1. The molecule has 5 rings (SSSR count). The molecule has 0 atom stereocenters. The van der Waals surface area contributed by atoms with E-state index in [0.29, 0.717) is 0 Å². The Hall–Kier alpha value is -2.61. The van der Waals surface area contributed by atoms with Crippen LogP contribution < -0.4 is 30.7 Å². The molecule has 1 aliphatic carbocycles. The molecule has 0 saturated heterocycles. The van der Waals surface area contributed by atoms with Crippen molar-refractivity contribution in [2.45, 2.75) is 31.8 Å². The SMILES string of the molecule is Br.COc1ccc(P(C)(c2ccccc2)(c2ccccc2)c2ccccc2)cc1OC1CCCC1. The zero-order chi connectivity index (χ0) is 23.5. The van der Waals surface area contributed by atoms with Crippen LogP contribution in [0.3, 0.4) is 0 Å². The van der Waals surface area contributed by atoms with Gasteiger partial charge in [0, 0.05) is 0 Å². The number of methoxy groups -OCH3 is 1. The van der Waals surface area contributed by atoms with Crippen molar-refractivity contribution in [3.8, 4) is 11.5 Å². The van der Waals surface area contributed by atoms with Gasteiger partial charge in [0.2, 0.25) is 0 Å². The van der Waals surface area contributed by atoms with Crippen molar-refractivity contribution in [2.24, 2.45) is 0 Å².